The molecule has 1 N–H and O–H groups in total. The van der Waals surface area contributed by atoms with Gasteiger partial charge in [-0.3, -0.25) is 0 Å². The predicted molar refractivity (Wildman–Crippen MR) is 78.6 cm³/mol. The van der Waals surface area contributed by atoms with E-state index in [9.17, 15) is 9.90 Å². The van der Waals surface area contributed by atoms with Gasteiger partial charge < -0.3 is 9.84 Å². The molecule has 0 aromatic heterocycles. The topological polar surface area (TPSA) is 46.5 Å². The minimum Gasteiger partial charge on any atom is -0.464 e. The molecule has 20 heavy (non-hydrogen) atoms. The molecule has 110 valence electrons. The third-order valence-corrected chi connectivity index (χ3v) is 4.36. The Bertz CT molecular complexity index is 469. The van der Waals surface area contributed by atoms with Gasteiger partial charge in [0, 0.05) is 5.92 Å². The average molecular weight is 276 g/mol. The third kappa shape index (κ3) is 2.73. The minimum absolute atomic E-state index is 0.162. The van der Waals surface area contributed by atoms with Crippen molar-refractivity contribution in [2.45, 2.75) is 57.5 Å². The molecule has 0 saturated heterocycles. The lowest BCUT2D eigenvalue weighted by atomic mass is 9.77. The Hall–Kier alpha value is -1.35. The van der Waals surface area contributed by atoms with E-state index in [1.54, 1.807) is 6.92 Å². The van der Waals surface area contributed by atoms with Gasteiger partial charge in [-0.05, 0) is 43.7 Å². The fourth-order valence-corrected chi connectivity index (χ4v) is 3.21. The molecule has 2 atom stereocenters. The molecule has 1 aromatic rings. The predicted octanol–water partition coefficient (Wildman–Crippen LogP) is 3.20. The third-order valence-electron chi connectivity index (χ3n) is 4.36. The lowest BCUT2D eigenvalue weighted by Gasteiger charge is -2.33. The van der Waals surface area contributed by atoms with E-state index in [0.29, 0.717) is 13.0 Å². The average Bonchev–Trinajstić information content (AvgIpc) is 2.69. The van der Waals surface area contributed by atoms with Crippen LogP contribution in [0.5, 0.6) is 0 Å². The van der Waals surface area contributed by atoms with Crippen LogP contribution in [0.15, 0.2) is 24.3 Å². The molecule has 1 aliphatic carbocycles. The number of hydrogen-bond donors (Lipinski definition) is 1. The van der Waals surface area contributed by atoms with E-state index in [2.05, 4.69) is 6.07 Å². The maximum atomic E-state index is 12.2. The first-order valence-corrected chi connectivity index (χ1v) is 7.60. The number of carbonyl (C=O) groups is 1. The number of hydrogen-bond acceptors (Lipinski definition) is 3. The summed E-state index contributed by atoms with van der Waals surface area (Å²) in [5, 5.41) is 10.9. The summed E-state index contributed by atoms with van der Waals surface area (Å²) in [4.78, 5) is 12.2. The van der Waals surface area contributed by atoms with Crippen LogP contribution in [0.3, 0.4) is 0 Å². The van der Waals surface area contributed by atoms with E-state index >= 15 is 0 Å². The number of esters is 1. The maximum absolute atomic E-state index is 12.2. The van der Waals surface area contributed by atoms with Crippen LogP contribution >= 0.6 is 0 Å². The minimum atomic E-state index is -1.41. The maximum Gasteiger partial charge on any atom is 0.338 e. The van der Waals surface area contributed by atoms with Crippen molar-refractivity contribution in [1.82, 2.24) is 0 Å². The Morgan fingerprint density at radius 1 is 1.35 bits per heavy atom. The van der Waals surface area contributed by atoms with Gasteiger partial charge >= 0.3 is 5.97 Å². The molecular weight excluding hydrogens is 252 g/mol. The Kier molecular flexibility index (Phi) is 4.81. The number of rotatable bonds is 4. The summed E-state index contributed by atoms with van der Waals surface area (Å²) in [6.07, 6.45) is 4.37. The number of aliphatic hydroxyl groups is 1. The van der Waals surface area contributed by atoms with Crippen LogP contribution in [0, 0.1) is 0 Å². The van der Waals surface area contributed by atoms with Gasteiger partial charge in [0.2, 0.25) is 0 Å². The Morgan fingerprint density at radius 3 is 2.80 bits per heavy atom. The lowest BCUT2D eigenvalue weighted by Crippen LogP contribution is -2.45. The summed E-state index contributed by atoms with van der Waals surface area (Å²) in [5.41, 5.74) is 0.963. The van der Waals surface area contributed by atoms with Crippen LogP contribution in [-0.2, 0) is 16.0 Å². The molecule has 2 rings (SSSR count). The normalized spacial score (nSPS) is 21.4. The van der Waals surface area contributed by atoms with Gasteiger partial charge in [-0.1, -0.05) is 37.6 Å². The quantitative estimate of drug-likeness (QED) is 0.678. The molecule has 0 aliphatic heterocycles. The summed E-state index contributed by atoms with van der Waals surface area (Å²) < 4.78 is 5.12. The van der Waals surface area contributed by atoms with E-state index in [1.807, 2.05) is 25.1 Å². The Morgan fingerprint density at radius 2 is 2.10 bits per heavy atom. The van der Waals surface area contributed by atoms with Gasteiger partial charge in [0.05, 0.1) is 6.61 Å². The number of carbonyl (C=O) groups excluding carboxylic acids is 1. The van der Waals surface area contributed by atoms with Crippen molar-refractivity contribution in [2.75, 3.05) is 6.61 Å². The molecule has 0 heterocycles. The highest BCUT2D eigenvalue weighted by Crippen LogP contribution is 2.40. The fraction of sp³-hybridized carbons (Fsp3) is 0.588. The zero-order chi connectivity index (χ0) is 14.6. The van der Waals surface area contributed by atoms with Crippen molar-refractivity contribution in [1.29, 1.82) is 0 Å². The van der Waals surface area contributed by atoms with Gasteiger partial charge in [-0.25, -0.2) is 4.79 Å². The zero-order valence-corrected chi connectivity index (χ0v) is 12.4. The second-order valence-corrected chi connectivity index (χ2v) is 5.50. The van der Waals surface area contributed by atoms with Crippen molar-refractivity contribution >= 4 is 5.97 Å². The van der Waals surface area contributed by atoms with E-state index < -0.39 is 11.6 Å². The lowest BCUT2D eigenvalue weighted by molar-refractivity contribution is -0.168. The van der Waals surface area contributed by atoms with E-state index in [-0.39, 0.29) is 5.92 Å². The van der Waals surface area contributed by atoms with Crippen molar-refractivity contribution in [3.63, 3.8) is 0 Å². The summed E-state index contributed by atoms with van der Waals surface area (Å²) >= 11 is 0. The molecule has 0 radical (unpaired) electrons. The van der Waals surface area contributed by atoms with Crippen LogP contribution in [0.4, 0.5) is 0 Å². The number of ether oxygens (including phenoxy) is 1. The molecule has 0 fully saturated rings. The SMILES string of the molecule is CCOC(=O)C(O)(CC)C1CCCCc2ccccc21. The first-order chi connectivity index (χ1) is 9.63. The van der Waals surface area contributed by atoms with Crippen molar-refractivity contribution in [2.24, 2.45) is 0 Å². The molecular formula is C17H24O3. The number of benzene rings is 1. The first kappa shape index (κ1) is 15.0. The molecule has 3 nitrogen and oxygen atoms in total. The molecule has 0 bridgehead atoms. The van der Waals surface area contributed by atoms with E-state index in [0.717, 1.165) is 31.2 Å². The van der Waals surface area contributed by atoms with Crippen LogP contribution in [0.1, 0.15) is 56.6 Å². The summed E-state index contributed by atoms with van der Waals surface area (Å²) in [5.74, 6) is -0.644. The van der Waals surface area contributed by atoms with Gasteiger partial charge in [-0.15, -0.1) is 0 Å². The molecule has 0 spiro atoms. The molecule has 0 saturated carbocycles. The summed E-state index contributed by atoms with van der Waals surface area (Å²) in [7, 11) is 0. The van der Waals surface area contributed by atoms with Crippen LogP contribution in [0.2, 0.25) is 0 Å². The zero-order valence-electron chi connectivity index (χ0n) is 12.4. The number of aryl methyl sites for hydroxylation is 1. The smallest absolute Gasteiger partial charge is 0.338 e. The highest BCUT2D eigenvalue weighted by molar-refractivity contribution is 5.81. The van der Waals surface area contributed by atoms with E-state index in [4.69, 9.17) is 4.74 Å². The highest BCUT2D eigenvalue weighted by Gasteiger charge is 2.45. The van der Waals surface area contributed by atoms with Crippen molar-refractivity contribution < 1.29 is 14.6 Å². The van der Waals surface area contributed by atoms with Gasteiger partial charge in [0.1, 0.15) is 0 Å². The largest absolute Gasteiger partial charge is 0.464 e. The second kappa shape index (κ2) is 6.40. The van der Waals surface area contributed by atoms with Crippen LogP contribution in [-0.4, -0.2) is 23.3 Å². The Labute approximate surface area is 121 Å². The van der Waals surface area contributed by atoms with Crippen molar-refractivity contribution in [3.8, 4) is 0 Å². The molecule has 2 unspecified atom stereocenters. The first-order valence-electron chi connectivity index (χ1n) is 7.60. The van der Waals surface area contributed by atoms with E-state index in [1.165, 1.54) is 5.56 Å². The second-order valence-electron chi connectivity index (χ2n) is 5.50. The molecule has 0 amide bonds. The summed E-state index contributed by atoms with van der Waals surface area (Å²) in [6, 6.07) is 8.16. The standard InChI is InChI=1S/C17H24O3/c1-3-17(19,16(18)20-4-2)15-12-8-6-10-13-9-5-7-11-14(13)15/h5,7,9,11,15,19H,3-4,6,8,10,12H2,1-2H3. The number of fused-ring (bicyclic) bond motifs is 1. The summed E-state index contributed by atoms with van der Waals surface area (Å²) in [6.45, 7) is 3.93. The van der Waals surface area contributed by atoms with Crippen molar-refractivity contribution in [3.05, 3.63) is 35.4 Å². The fourth-order valence-electron chi connectivity index (χ4n) is 3.21. The van der Waals surface area contributed by atoms with Gasteiger partial charge in [-0.2, -0.15) is 0 Å². The highest BCUT2D eigenvalue weighted by atomic mass is 16.5. The van der Waals surface area contributed by atoms with Gasteiger partial charge in [0.25, 0.3) is 0 Å². The molecule has 1 aromatic carbocycles. The van der Waals surface area contributed by atoms with Gasteiger partial charge in [0.15, 0.2) is 5.60 Å². The van der Waals surface area contributed by atoms with Crippen LogP contribution in [0.25, 0.3) is 0 Å². The monoisotopic (exact) mass is 276 g/mol. The molecule has 3 heteroatoms. The van der Waals surface area contributed by atoms with Crippen LogP contribution < -0.4 is 0 Å². The molecule has 1 aliphatic rings. The Balaban J connectivity index is 2.41.